The third kappa shape index (κ3) is 3.74. The van der Waals surface area contributed by atoms with E-state index < -0.39 is 11.9 Å². The molecule has 0 atom stereocenters. The monoisotopic (exact) mass is 383 g/mol. The largest absolute Gasteiger partial charge is 0.462 e. The van der Waals surface area contributed by atoms with Gasteiger partial charge >= 0.3 is 5.97 Å². The Morgan fingerprint density at radius 3 is 2.60 bits per heavy atom. The number of Topliss-reactive ketones (excluding diaryl/α,β-unsaturated/α-hetero) is 1. The standard InChI is InChI=1S/C16H18ClN3O4S/c1-5-20-12(10(17)7-18-20)14(22)19-15-11(16(23)24-6-2)8(3)13(25-15)9(4)21/h7H,5-6H2,1-4H3,(H,19,22). The Balaban J connectivity index is 2.46. The van der Waals surface area contributed by atoms with Gasteiger partial charge in [0, 0.05) is 6.54 Å². The second-order valence-electron chi connectivity index (χ2n) is 5.15. The fraction of sp³-hybridized carbons (Fsp3) is 0.375. The van der Waals surface area contributed by atoms with Crippen LogP contribution in [0.15, 0.2) is 6.20 Å². The number of halogens is 1. The highest BCUT2D eigenvalue weighted by molar-refractivity contribution is 7.18. The Morgan fingerprint density at radius 2 is 2.04 bits per heavy atom. The lowest BCUT2D eigenvalue weighted by molar-refractivity contribution is 0.0527. The van der Waals surface area contributed by atoms with Crippen molar-refractivity contribution in [3.8, 4) is 0 Å². The number of anilines is 1. The van der Waals surface area contributed by atoms with E-state index in [1.54, 1.807) is 13.8 Å². The first-order valence-corrected chi connectivity index (χ1v) is 8.85. The van der Waals surface area contributed by atoms with Crippen LogP contribution in [-0.2, 0) is 11.3 Å². The molecule has 1 amide bonds. The number of carbonyl (C=O) groups excluding carboxylic acids is 3. The highest BCUT2D eigenvalue weighted by atomic mass is 35.5. The molecule has 0 saturated carbocycles. The Morgan fingerprint density at radius 1 is 1.36 bits per heavy atom. The highest BCUT2D eigenvalue weighted by Gasteiger charge is 2.27. The molecule has 0 saturated heterocycles. The van der Waals surface area contributed by atoms with Gasteiger partial charge in [0.1, 0.15) is 10.7 Å². The average Bonchev–Trinajstić information content (AvgIpc) is 3.07. The molecule has 2 aromatic rings. The number of nitrogens with one attached hydrogen (secondary N) is 1. The van der Waals surface area contributed by atoms with Gasteiger partial charge < -0.3 is 10.1 Å². The quantitative estimate of drug-likeness (QED) is 0.608. The fourth-order valence-corrected chi connectivity index (χ4v) is 3.69. The number of nitrogens with zero attached hydrogens (tertiary/aromatic N) is 2. The van der Waals surface area contributed by atoms with E-state index in [1.165, 1.54) is 17.8 Å². The normalized spacial score (nSPS) is 10.6. The molecule has 2 aromatic heterocycles. The maximum Gasteiger partial charge on any atom is 0.341 e. The molecule has 134 valence electrons. The lowest BCUT2D eigenvalue weighted by Crippen LogP contribution is -2.19. The van der Waals surface area contributed by atoms with Gasteiger partial charge in [0.05, 0.1) is 28.3 Å². The van der Waals surface area contributed by atoms with E-state index in [0.29, 0.717) is 17.0 Å². The number of carbonyl (C=O) groups is 3. The molecule has 0 radical (unpaired) electrons. The van der Waals surface area contributed by atoms with Crippen LogP contribution in [0.1, 0.15) is 56.9 Å². The lowest BCUT2D eigenvalue weighted by atomic mass is 10.1. The summed E-state index contributed by atoms with van der Waals surface area (Å²) in [7, 11) is 0. The number of ketones is 1. The molecule has 0 aromatic carbocycles. The van der Waals surface area contributed by atoms with Gasteiger partial charge in [-0.1, -0.05) is 11.6 Å². The van der Waals surface area contributed by atoms with Crippen molar-refractivity contribution in [2.24, 2.45) is 0 Å². The SMILES string of the molecule is CCOC(=O)c1c(NC(=O)c2c(Cl)cnn2CC)sc(C(C)=O)c1C. The highest BCUT2D eigenvalue weighted by Crippen LogP contribution is 2.34. The molecule has 0 spiro atoms. The number of thiophene rings is 1. The zero-order chi connectivity index (χ0) is 18.7. The molecule has 0 unspecified atom stereocenters. The summed E-state index contributed by atoms with van der Waals surface area (Å²) < 4.78 is 6.50. The number of amides is 1. The van der Waals surface area contributed by atoms with Gasteiger partial charge in [-0.15, -0.1) is 11.3 Å². The van der Waals surface area contributed by atoms with Crippen molar-refractivity contribution < 1.29 is 19.1 Å². The van der Waals surface area contributed by atoms with Gasteiger partial charge in [-0.25, -0.2) is 4.79 Å². The molecular weight excluding hydrogens is 366 g/mol. The Bertz CT molecular complexity index is 841. The number of hydrogen-bond donors (Lipinski definition) is 1. The van der Waals surface area contributed by atoms with E-state index in [-0.39, 0.29) is 33.7 Å². The molecular formula is C16H18ClN3O4S. The van der Waals surface area contributed by atoms with Crippen molar-refractivity contribution in [3.63, 3.8) is 0 Å². The predicted octanol–water partition coefficient (Wildman–Crippen LogP) is 3.56. The Kier molecular flexibility index (Phi) is 5.97. The van der Waals surface area contributed by atoms with E-state index >= 15 is 0 Å². The van der Waals surface area contributed by atoms with E-state index in [0.717, 1.165) is 11.3 Å². The van der Waals surface area contributed by atoms with Crippen LogP contribution in [0.5, 0.6) is 0 Å². The number of ether oxygens (including phenoxy) is 1. The third-order valence-electron chi connectivity index (χ3n) is 3.48. The van der Waals surface area contributed by atoms with Crippen molar-refractivity contribution in [2.45, 2.75) is 34.2 Å². The summed E-state index contributed by atoms with van der Waals surface area (Å²) in [5.74, 6) is -1.29. The van der Waals surface area contributed by atoms with Crippen LogP contribution >= 0.6 is 22.9 Å². The summed E-state index contributed by atoms with van der Waals surface area (Å²) in [6, 6.07) is 0. The molecule has 1 N–H and O–H groups in total. The van der Waals surface area contributed by atoms with Gasteiger partial charge in [-0.05, 0) is 33.3 Å². The first-order valence-electron chi connectivity index (χ1n) is 7.65. The summed E-state index contributed by atoms with van der Waals surface area (Å²) in [6.45, 7) is 7.21. The van der Waals surface area contributed by atoms with Gasteiger partial charge in [0.2, 0.25) is 0 Å². The van der Waals surface area contributed by atoms with E-state index in [1.807, 2.05) is 6.92 Å². The lowest BCUT2D eigenvalue weighted by Gasteiger charge is -2.08. The third-order valence-corrected chi connectivity index (χ3v) is 5.07. The summed E-state index contributed by atoms with van der Waals surface area (Å²) in [6.07, 6.45) is 1.38. The minimum atomic E-state index is -0.589. The molecule has 0 aliphatic carbocycles. The second kappa shape index (κ2) is 7.79. The molecule has 2 heterocycles. The van der Waals surface area contributed by atoms with Crippen LogP contribution in [0.3, 0.4) is 0 Å². The van der Waals surface area contributed by atoms with Crippen LogP contribution in [0.4, 0.5) is 5.00 Å². The summed E-state index contributed by atoms with van der Waals surface area (Å²) in [5, 5.41) is 7.14. The van der Waals surface area contributed by atoms with E-state index in [4.69, 9.17) is 16.3 Å². The van der Waals surface area contributed by atoms with E-state index in [2.05, 4.69) is 10.4 Å². The number of aromatic nitrogens is 2. The van der Waals surface area contributed by atoms with Crippen molar-refractivity contribution in [3.05, 3.63) is 32.9 Å². The van der Waals surface area contributed by atoms with Crippen molar-refractivity contribution in [2.75, 3.05) is 11.9 Å². The van der Waals surface area contributed by atoms with Crippen LogP contribution in [0.25, 0.3) is 0 Å². The molecule has 0 aliphatic heterocycles. The van der Waals surface area contributed by atoms with Gasteiger partial charge in [-0.2, -0.15) is 5.10 Å². The molecule has 0 aliphatic rings. The zero-order valence-electron chi connectivity index (χ0n) is 14.3. The van der Waals surface area contributed by atoms with Crippen molar-refractivity contribution >= 4 is 45.6 Å². The first-order chi connectivity index (χ1) is 11.8. The number of hydrogen-bond acceptors (Lipinski definition) is 6. The first kappa shape index (κ1) is 19.1. The predicted molar refractivity (Wildman–Crippen MR) is 95.9 cm³/mol. The maximum atomic E-state index is 12.6. The Hall–Kier alpha value is -2.19. The van der Waals surface area contributed by atoms with Crippen LogP contribution < -0.4 is 5.32 Å². The fourth-order valence-electron chi connectivity index (χ4n) is 2.38. The maximum absolute atomic E-state index is 12.6. The molecule has 2 rings (SSSR count). The minimum Gasteiger partial charge on any atom is -0.462 e. The van der Waals surface area contributed by atoms with Crippen LogP contribution in [-0.4, -0.2) is 34.0 Å². The number of rotatable bonds is 6. The van der Waals surface area contributed by atoms with Gasteiger partial charge in [-0.3, -0.25) is 14.3 Å². The van der Waals surface area contributed by atoms with Gasteiger partial charge in [0.15, 0.2) is 5.78 Å². The summed E-state index contributed by atoms with van der Waals surface area (Å²) >= 11 is 7.08. The van der Waals surface area contributed by atoms with Crippen LogP contribution in [0.2, 0.25) is 5.02 Å². The van der Waals surface area contributed by atoms with E-state index in [9.17, 15) is 14.4 Å². The van der Waals surface area contributed by atoms with Crippen LogP contribution in [0, 0.1) is 6.92 Å². The number of esters is 1. The van der Waals surface area contributed by atoms with Gasteiger partial charge in [0.25, 0.3) is 5.91 Å². The average molecular weight is 384 g/mol. The summed E-state index contributed by atoms with van der Waals surface area (Å²) in [5.41, 5.74) is 0.861. The van der Waals surface area contributed by atoms with Crippen molar-refractivity contribution in [1.29, 1.82) is 0 Å². The molecule has 7 nitrogen and oxygen atoms in total. The minimum absolute atomic E-state index is 0.184. The summed E-state index contributed by atoms with van der Waals surface area (Å²) in [4.78, 5) is 37.1. The molecule has 0 fully saturated rings. The Labute approximate surface area is 153 Å². The number of aryl methyl sites for hydroxylation is 1. The topological polar surface area (TPSA) is 90.3 Å². The molecule has 0 bridgehead atoms. The smallest absolute Gasteiger partial charge is 0.341 e. The second-order valence-corrected chi connectivity index (χ2v) is 6.58. The zero-order valence-corrected chi connectivity index (χ0v) is 15.9. The molecule has 25 heavy (non-hydrogen) atoms. The molecule has 9 heteroatoms. The van der Waals surface area contributed by atoms with Crippen molar-refractivity contribution in [1.82, 2.24) is 9.78 Å².